The van der Waals surface area contributed by atoms with Crippen LogP contribution in [0.1, 0.15) is 30.5 Å². The highest BCUT2D eigenvalue weighted by molar-refractivity contribution is 5.64. The predicted molar refractivity (Wildman–Crippen MR) is 88.9 cm³/mol. The number of carbonyl (C=O) groups is 1. The lowest BCUT2D eigenvalue weighted by molar-refractivity contribution is 0.120. The van der Waals surface area contributed by atoms with Crippen LogP contribution in [-0.2, 0) is 24.2 Å². The highest BCUT2D eigenvalue weighted by Gasteiger charge is 2.15. The Kier molecular flexibility index (Phi) is 6.33. The van der Waals surface area contributed by atoms with Crippen molar-refractivity contribution in [1.29, 1.82) is 0 Å². The molecule has 0 unspecified atom stereocenters. The van der Waals surface area contributed by atoms with Crippen LogP contribution in [0.15, 0.2) is 30.3 Å². The largest absolute Gasteiger partial charge is 0.513 e. The standard InChI is InChI=1S/C19H20F2O4/c1-4-12-7-6-8-17(25-19(22)23-3)14(12)11-24-18-10-15(20)13(5-2)9-16(18)21/h6-10H,4-5,11H2,1-3H3. The summed E-state index contributed by atoms with van der Waals surface area (Å²) in [7, 11) is 1.20. The number of aryl methyl sites for hydroxylation is 2. The summed E-state index contributed by atoms with van der Waals surface area (Å²) < 4.78 is 43.0. The SMILES string of the molecule is CCc1cc(F)c(OCc2c(CC)cccc2OC(=O)OC)cc1F. The van der Waals surface area contributed by atoms with Crippen LogP contribution >= 0.6 is 0 Å². The summed E-state index contributed by atoms with van der Waals surface area (Å²) in [5.41, 5.74) is 1.73. The molecule has 0 radical (unpaired) electrons. The Bertz CT molecular complexity index is 759. The second kappa shape index (κ2) is 8.46. The van der Waals surface area contributed by atoms with Gasteiger partial charge < -0.3 is 14.2 Å². The van der Waals surface area contributed by atoms with Crippen molar-refractivity contribution in [3.63, 3.8) is 0 Å². The van der Waals surface area contributed by atoms with Crippen LogP contribution in [0, 0.1) is 11.6 Å². The fourth-order valence-corrected chi connectivity index (χ4v) is 2.43. The molecular formula is C19H20F2O4. The lowest BCUT2D eigenvalue weighted by Crippen LogP contribution is -2.11. The maximum atomic E-state index is 14.1. The summed E-state index contributed by atoms with van der Waals surface area (Å²) in [5.74, 6) is -1.08. The minimum Gasteiger partial charge on any atom is -0.486 e. The molecule has 0 aliphatic heterocycles. The second-order valence-corrected chi connectivity index (χ2v) is 5.32. The van der Waals surface area contributed by atoms with Crippen molar-refractivity contribution in [3.05, 3.63) is 58.7 Å². The van der Waals surface area contributed by atoms with E-state index in [1.165, 1.54) is 7.11 Å². The van der Waals surface area contributed by atoms with E-state index in [1.807, 2.05) is 13.0 Å². The number of methoxy groups -OCH3 is 1. The Balaban J connectivity index is 2.28. The van der Waals surface area contributed by atoms with E-state index < -0.39 is 17.8 Å². The van der Waals surface area contributed by atoms with Gasteiger partial charge in [-0.25, -0.2) is 13.6 Å². The number of hydrogen-bond donors (Lipinski definition) is 0. The van der Waals surface area contributed by atoms with Gasteiger partial charge in [0.25, 0.3) is 0 Å². The number of halogens is 2. The van der Waals surface area contributed by atoms with Crippen molar-refractivity contribution in [1.82, 2.24) is 0 Å². The summed E-state index contributed by atoms with van der Waals surface area (Å²) in [6.45, 7) is 3.60. The van der Waals surface area contributed by atoms with Gasteiger partial charge in [-0.1, -0.05) is 26.0 Å². The molecule has 134 valence electrons. The van der Waals surface area contributed by atoms with Crippen molar-refractivity contribution in [2.75, 3.05) is 7.11 Å². The quantitative estimate of drug-likeness (QED) is 0.554. The number of hydrogen-bond acceptors (Lipinski definition) is 4. The first-order valence-electron chi connectivity index (χ1n) is 7.97. The molecule has 0 aliphatic carbocycles. The molecule has 0 heterocycles. The van der Waals surface area contributed by atoms with E-state index in [-0.39, 0.29) is 23.7 Å². The smallest absolute Gasteiger partial charge is 0.486 e. The third-order valence-electron chi connectivity index (χ3n) is 3.82. The first-order chi connectivity index (χ1) is 12.0. The summed E-state index contributed by atoms with van der Waals surface area (Å²) in [6.07, 6.45) is 0.181. The molecule has 2 aromatic rings. The van der Waals surface area contributed by atoms with Gasteiger partial charge in [0.05, 0.1) is 7.11 Å². The number of ether oxygens (including phenoxy) is 3. The molecule has 6 heteroatoms. The number of carbonyl (C=O) groups excluding carboxylic acids is 1. The van der Waals surface area contributed by atoms with Crippen LogP contribution in [0.4, 0.5) is 13.6 Å². The molecule has 0 fully saturated rings. The molecule has 0 aromatic heterocycles. The average molecular weight is 350 g/mol. The molecule has 0 atom stereocenters. The molecule has 0 bridgehead atoms. The molecule has 0 saturated carbocycles. The van der Waals surface area contributed by atoms with Crippen molar-refractivity contribution in [2.45, 2.75) is 33.3 Å². The summed E-state index contributed by atoms with van der Waals surface area (Å²) >= 11 is 0. The van der Waals surface area contributed by atoms with E-state index in [9.17, 15) is 13.6 Å². The van der Waals surface area contributed by atoms with Gasteiger partial charge in [-0.3, -0.25) is 0 Å². The van der Waals surface area contributed by atoms with Crippen molar-refractivity contribution >= 4 is 6.16 Å². The molecule has 4 nitrogen and oxygen atoms in total. The van der Waals surface area contributed by atoms with E-state index >= 15 is 0 Å². The lowest BCUT2D eigenvalue weighted by Gasteiger charge is -2.15. The molecule has 2 rings (SSSR count). The van der Waals surface area contributed by atoms with Crippen LogP contribution in [0.2, 0.25) is 0 Å². The zero-order valence-corrected chi connectivity index (χ0v) is 14.4. The van der Waals surface area contributed by atoms with Crippen LogP contribution < -0.4 is 9.47 Å². The van der Waals surface area contributed by atoms with E-state index in [4.69, 9.17) is 9.47 Å². The molecule has 0 aliphatic rings. The fourth-order valence-electron chi connectivity index (χ4n) is 2.43. The minimum atomic E-state index is -0.862. The van der Waals surface area contributed by atoms with E-state index in [2.05, 4.69) is 4.74 Å². The fraction of sp³-hybridized carbons (Fsp3) is 0.316. The van der Waals surface area contributed by atoms with Crippen LogP contribution in [0.25, 0.3) is 0 Å². The molecule has 2 aromatic carbocycles. The van der Waals surface area contributed by atoms with Crippen molar-refractivity contribution < 1.29 is 27.8 Å². The lowest BCUT2D eigenvalue weighted by atomic mass is 10.0. The van der Waals surface area contributed by atoms with Crippen molar-refractivity contribution in [2.24, 2.45) is 0 Å². The maximum Gasteiger partial charge on any atom is 0.513 e. The third-order valence-corrected chi connectivity index (χ3v) is 3.82. The highest BCUT2D eigenvalue weighted by Crippen LogP contribution is 2.28. The van der Waals surface area contributed by atoms with Gasteiger partial charge in [0.15, 0.2) is 11.6 Å². The summed E-state index contributed by atoms with van der Waals surface area (Å²) in [6, 6.07) is 7.33. The summed E-state index contributed by atoms with van der Waals surface area (Å²) in [5, 5.41) is 0. The number of benzene rings is 2. The van der Waals surface area contributed by atoms with Crippen LogP contribution in [-0.4, -0.2) is 13.3 Å². The van der Waals surface area contributed by atoms with Gasteiger partial charge in [-0.15, -0.1) is 0 Å². The van der Waals surface area contributed by atoms with Gasteiger partial charge in [-0.2, -0.15) is 0 Å². The zero-order valence-electron chi connectivity index (χ0n) is 14.4. The van der Waals surface area contributed by atoms with Gasteiger partial charge >= 0.3 is 6.16 Å². The monoisotopic (exact) mass is 350 g/mol. The van der Waals surface area contributed by atoms with E-state index in [1.54, 1.807) is 19.1 Å². The Labute approximate surface area is 145 Å². The molecule has 0 amide bonds. The maximum absolute atomic E-state index is 14.1. The highest BCUT2D eigenvalue weighted by atomic mass is 19.1. The molecular weight excluding hydrogens is 330 g/mol. The van der Waals surface area contributed by atoms with E-state index in [0.29, 0.717) is 18.4 Å². The normalized spacial score (nSPS) is 10.4. The Morgan fingerprint density at radius 2 is 1.72 bits per heavy atom. The van der Waals surface area contributed by atoms with Crippen LogP contribution in [0.3, 0.4) is 0 Å². The third kappa shape index (κ3) is 4.47. The minimum absolute atomic E-state index is 0.0713. The van der Waals surface area contributed by atoms with Gasteiger partial charge in [0, 0.05) is 11.6 Å². The van der Waals surface area contributed by atoms with Crippen LogP contribution in [0.5, 0.6) is 11.5 Å². The second-order valence-electron chi connectivity index (χ2n) is 5.32. The predicted octanol–water partition coefficient (Wildman–Crippen LogP) is 4.81. The number of rotatable bonds is 6. The molecule has 0 saturated heterocycles. The van der Waals surface area contributed by atoms with E-state index in [0.717, 1.165) is 17.7 Å². The molecule has 0 spiro atoms. The Hall–Kier alpha value is -2.63. The van der Waals surface area contributed by atoms with Crippen molar-refractivity contribution in [3.8, 4) is 11.5 Å². The van der Waals surface area contributed by atoms with Gasteiger partial charge in [-0.05, 0) is 36.1 Å². The topological polar surface area (TPSA) is 44.8 Å². The Morgan fingerprint density at radius 3 is 2.36 bits per heavy atom. The van der Waals surface area contributed by atoms with Gasteiger partial charge in [0.2, 0.25) is 0 Å². The van der Waals surface area contributed by atoms with Gasteiger partial charge in [0.1, 0.15) is 18.2 Å². The Morgan fingerprint density at radius 1 is 1.00 bits per heavy atom. The zero-order chi connectivity index (χ0) is 18.4. The molecule has 0 N–H and O–H groups in total. The molecule has 25 heavy (non-hydrogen) atoms. The first-order valence-corrected chi connectivity index (χ1v) is 7.97. The average Bonchev–Trinajstić information content (AvgIpc) is 2.62. The summed E-state index contributed by atoms with van der Waals surface area (Å²) in [4.78, 5) is 11.4. The first kappa shape index (κ1) is 18.7.